The third kappa shape index (κ3) is 3.44. The van der Waals surface area contributed by atoms with Gasteiger partial charge in [0.2, 0.25) is 5.91 Å². The van der Waals surface area contributed by atoms with Crippen LogP contribution in [0.3, 0.4) is 0 Å². The lowest BCUT2D eigenvalue weighted by molar-refractivity contribution is -0.137. The highest BCUT2D eigenvalue weighted by Gasteiger charge is 2.30. The summed E-state index contributed by atoms with van der Waals surface area (Å²) in [4.78, 5) is 13.2. The van der Waals surface area contributed by atoms with Crippen molar-refractivity contribution in [3.8, 4) is 10.4 Å². The number of nitrogens with zero attached hydrogens (tertiary/aromatic N) is 1. The predicted octanol–water partition coefficient (Wildman–Crippen LogP) is 6.69. The SMILES string of the molecule is NC(=O)c1cccc2c1c1ccc(-c3cccs3)cc1n2Cc1ccc(C(F)(F)F)cc1. The molecule has 0 aliphatic heterocycles. The van der Waals surface area contributed by atoms with Crippen molar-refractivity contribution in [1.82, 2.24) is 4.57 Å². The molecule has 0 aliphatic carbocycles. The zero-order valence-electron chi connectivity index (χ0n) is 16.7. The molecule has 2 heterocycles. The largest absolute Gasteiger partial charge is 0.416 e. The summed E-state index contributed by atoms with van der Waals surface area (Å²) in [6.45, 7) is 0.355. The summed E-state index contributed by atoms with van der Waals surface area (Å²) in [6.07, 6.45) is -4.38. The Balaban J connectivity index is 1.72. The van der Waals surface area contributed by atoms with Crippen molar-refractivity contribution in [2.75, 3.05) is 0 Å². The fraction of sp³-hybridized carbons (Fsp3) is 0.0800. The number of alkyl halides is 3. The number of carbonyl (C=O) groups is 1. The average Bonchev–Trinajstić information content (AvgIpc) is 3.40. The zero-order valence-corrected chi connectivity index (χ0v) is 17.5. The number of hydrogen-bond donors (Lipinski definition) is 1. The molecule has 32 heavy (non-hydrogen) atoms. The van der Waals surface area contributed by atoms with Crippen molar-refractivity contribution in [3.05, 3.63) is 94.9 Å². The molecule has 0 atom stereocenters. The number of rotatable bonds is 4. The third-order valence-electron chi connectivity index (χ3n) is 5.58. The van der Waals surface area contributed by atoms with Gasteiger partial charge in [-0.3, -0.25) is 4.79 Å². The van der Waals surface area contributed by atoms with Crippen molar-refractivity contribution in [1.29, 1.82) is 0 Å². The van der Waals surface area contributed by atoms with Crippen LogP contribution in [0, 0.1) is 0 Å². The molecule has 2 N–H and O–H groups in total. The third-order valence-corrected chi connectivity index (χ3v) is 6.50. The number of fused-ring (bicyclic) bond motifs is 3. The van der Waals surface area contributed by atoms with Gasteiger partial charge in [0, 0.05) is 27.8 Å². The molecule has 5 rings (SSSR count). The molecule has 0 radical (unpaired) electrons. The fourth-order valence-corrected chi connectivity index (χ4v) is 4.82. The summed E-state index contributed by atoms with van der Waals surface area (Å²) in [5, 5.41) is 3.63. The molecule has 2 aromatic heterocycles. The lowest BCUT2D eigenvalue weighted by Crippen LogP contribution is -2.11. The summed E-state index contributed by atoms with van der Waals surface area (Å²) in [6, 6.07) is 20.6. The monoisotopic (exact) mass is 450 g/mol. The number of amides is 1. The first-order valence-corrected chi connectivity index (χ1v) is 10.8. The minimum absolute atomic E-state index is 0.355. The van der Waals surface area contributed by atoms with Crippen LogP contribution in [0.2, 0.25) is 0 Å². The van der Waals surface area contributed by atoms with E-state index in [0.29, 0.717) is 12.1 Å². The predicted molar refractivity (Wildman–Crippen MR) is 122 cm³/mol. The maximum atomic E-state index is 13.0. The number of thiophene rings is 1. The van der Waals surface area contributed by atoms with E-state index in [1.165, 1.54) is 12.1 Å². The molecule has 5 aromatic rings. The van der Waals surface area contributed by atoms with Crippen LogP contribution < -0.4 is 5.73 Å². The van der Waals surface area contributed by atoms with E-state index < -0.39 is 17.6 Å². The van der Waals surface area contributed by atoms with E-state index in [4.69, 9.17) is 5.73 Å². The molecule has 7 heteroatoms. The number of hydrogen-bond acceptors (Lipinski definition) is 2. The molecular formula is C25H17F3N2OS. The second-order valence-electron chi connectivity index (χ2n) is 7.55. The van der Waals surface area contributed by atoms with Crippen molar-refractivity contribution in [2.45, 2.75) is 12.7 Å². The Kier molecular flexibility index (Phi) is 4.78. The van der Waals surface area contributed by atoms with Gasteiger partial charge in [0.05, 0.1) is 16.6 Å². The lowest BCUT2D eigenvalue weighted by Gasteiger charge is -2.11. The van der Waals surface area contributed by atoms with Gasteiger partial charge in [-0.15, -0.1) is 11.3 Å². The molecule has 3 aromatic carbocycles. The topological polar surface area (TPSA) is 48.0 Å². The van der Waals surface area contributed by atoms with E-state index in [-0.39, 0.29) is 0 Å². The van der Waals surface area contributed by atoms with Gasteiger partial charge in [-0.05, 0) is 52.9 Å². The Morgan fingerprint density at radius 1 is 0.938 bits per heavy atom. The Morgan fingerprint density at radius 3 is 2.38 bits per heavy atom. The molecule has 1 amide bonds. The van der Waals surface area contributed by atoms with Gasteiger partial charge >= 0.3 is 6.18 Å². The smallest absolute Gasteiger partial charge is 0.366 e. The van der Waals surface area contributed by atoms with Crippen LogP contribution in [-0.4, -0.2) is 10.5 Å². The fourth-order valence-electron chi connectivity index (χ4n) is 4.10. The van der Waals surface area contributed by atoms with Crippen molar-refractivity contribution in [3.63, 3.8) is 0 Å². The van der Waals surface area contributed by atoms with Crippen molar-refractivity contribution < 1.29 is 18.0 Å². The molecule has 0 spiro atoms. The summed E-state index contributed by atoms with van der Waals surface area (Å²) in [5.74, 6) is -0.522. The summed E-state index contributed by atoms with van der Waals surface area (Å²) < 4.78 is 40.9. The first-order chi connectivity index (χ1) is 15.3. The van der Waals surface area contributed by atoms with Crippen LogP contribution in [0.15, 0.2) is 78.2 Å². The highest BCUT2D eigenvalue weighted by Crippen LogP contribution is 2.36. The minimum Gasteiger partial charge on any atom is -0.366 e. The molecule has 0 saturated heterocycles. The molecule has 160 valence electrons. The maximum Gasteiger partial charge on any atom is 0.416 e. The number of primary amides is 1. The quantitative estimate of drug-likeness (QED) is 0.326. The lowest BCUT2D eigenvalue weighted by atomic mass is 10.0. The van der Waals surface area contributed by atoms with Crippen LogP contribution in [0.25, 0.3) is 32.2 Å². The summed E-state index contributed by atoms with van der Waals surface area (Å²) in [5.41, 5.74) is 8.83. The number of carbonyl (C=O) groups excluding carboxylic acids is 1. The van der Waals surface area contributed by atoms with Gasteiger partial charge in [0.25, 0.3) is 0 Å². The van der Waals surface area contributed by atoms with E-state index in [1.807, 2.05) is 40.3 Å². The number of benzene rings is 3. The summed E-state index contributed by atoms with van der Waals surface area (Å²) >= 11 is 1.62. The Hall–Kier alpha value is -3.58. The van der Waals surface area contributed by atoms with Crippen LogP contribution in [-0.2, 0) is 12.7 Å². The number of halogens is 3. The average molecular weight is 450 g/mol. The molecule has 0 fully saturated rings. The summed E-state index contributed by atoms with van der Waals surface area (Å²) in [7, 11) is 0. The zero-order chi connectivity index (χ0) is 22.5. The van der Waals surface area contributed by atoms with Gasteiger partial charge in [-0.25, -0.2) is 0 Å². The second-order valence-corrected chi connectivity index (χ2v) is 8.50. The molecule has 0 unspecified atom stereocenters. The molecular weight excluding hydrogens is 433 g/mol. The molecule has 3 nitrogen and oxygen atoms in total. The van der Waals surface area contributed by atoms with Gasteiger partial charge < -0.3 is 10.3 Å². The Morgan fingerprint density at radius 2 is 1.72 bits per heavy atom. The van der Waals surface area contributed by atoms with Crippen LogP contribution in [0.1, 0.15) is 21.5 Å². The van der Waals surface area contributed by atoms with E-state index in [9.17, 15) is 18.0 Å². The standard InChI is InChI=1S/C25H17F3N2OS/c26-25(27,28)17-9-6-15(7-10-17)14-30-20-4-1-3-19(24(29)31)23(20)18-11-8-16(13-21(18)30)22-5-2-12-32-22/h1-13H,14H2,(H2,29,31). The van der Waals surface area contributed by atoms with Crippen LogP contribution in [0.4, 0.5) is 13.2 Å². The first kappa shape index (κ1) is 20.3. The van der Waals surface area contributed by atoms with Crippen molar-refractivity contribution >= 4 is 39.0 Å². The number of aromatic nitrogens is 1. The van der Waals surface area contributed by atoms with Crippen LogP contribution >= 0.6 is 11.3 Å². The molecule has 0 bridgehead atoms. The van der Waals surface area contributed by atoms with Gasteiger partial charge in [-0.1, -0.05) is 36.4 Å². The van der Waals surface area contributed by atoms with Gasteiger partial charge in [-0.2, -0.15) is 13.2 Å². The van der Waals surface area contributed by atoms with E-state index in [1.54, 1.807) is 23.5 Å². The van der Waals surface area contributed by atoms with Gasteiger partial charge in [0.1, 0.15) is 0 Å². The highest BCUT2D eigenvalue weighted by molar-refractivity contribution is 7.13. The van der Waals surface area contributed by atoms with E-state index in [2.05, 4.69) is 6.07 Å². The van der Waals surface area contributed by atoms with Gasteiger partial charge in [0.15, 0.2) is 0 Å². The van der Waals surface area contributed by atoms with E-state index in [0.717, 1.165) is 49.9 Å². The normalized spacial score (nSPS) is 12.0. The number of nitrogens with two attached hydrogens (primary N) is 1. The minimum atomic E-state index is -4.38. The first-order valence-electron chi connectivity index (χ1n) is 9.88. The Labute approximate surface area is 185 Å². The van der Waals surface area contributed by atoms with Crippen molar-refractivity contribution in [2.24, 2.45) is 5.73 Å². The highest BCUT2D eigenvalue weighted by atomic mass is 32.1. The molecule has 0 aliphatic rings. The van der Waals surface area contributed by atoms with Crippen LogP contribution in [0.5, 0.6) is 0 Å². The second kappa shape index (κ2) is 7.53. The molecule has 0 saturated carbocycles. The Bertz CT molecular complexity index is 1450. The maximum absolute atomic E-state index is 13.0. The van der Waals surface area contributed by atoms with E-state index >= 15 is 0 Å².